The molecule has 1 amide bonds. The van der Waals surface area contributed by atoms with Crippen LogP contribution in [-0.4, -0.2) is 27.8 Å². The van der Waals surface area contributed by atoms with E-state index in [-0.39, 0.29) is 11.9 Å². The van der Waals surface area contributed by atoms with Crippen molar-refractivity contribution in [1.82, 2.24) is 20.1 Å². The van der Waals surface area contributed by atoms with Crippen molar-refractivity contribution in [3.8, 4) is 5.82 Å². The van der Waals surface area contributed by atoms with Crippen LogP contribution in [0.15, 0.2) is 47.1 Å². The van der Waals surface area contributed by atoms with Crippen molar-refractivity contribution in [2.75, 3.05) is 7.11 Å². The van der Waals surface area contributed by atoms with Gasteiger partial charge in [-0.25, -0.2) is 9.67 Å². The Hall–Kier alpha value is -2.93. The standard InChI is InChI=1S/C19H20N4O3/c1-25-12-13-8-9-17(26-13)19(24)22-15-5-4-6-16-14(15)11-21-23(16)18-7-2-3-10-20-18/h2-3,7-11,15H,4-6,12H2,1H3,(H,22,24). The highest BCUT2D eigenvalue weighted by atomic mass is 16.5. The minimum absolute atomic E-state index is 0.0836. The normalized spacial score (nSPS) is 16.3. The van der Waals surface area contributed by atoms with Gasteiger partial charge in [-0.15, -0.1) is 0 Å². The molecule has 0 bridgehead atoms. The number of ether oxygens (including phenoxy) is 1. The van der Waals surface area contributed by atoms with Gasteiger partial charge in [-0.1, -0.05) is 6.07 Å². The maximum absolute atomic E-state index is 12.5. The lowest BCUT2D eigenvalue weighted by molar-refractivity contribution is 0.0896. The summed E-state index contributed by atoms with van der Waals surface area (Å²) in [6.45, 7) is 0.345. The molecule has 0 aromatic carbocycles. The number of carbonyl (C=O) groups is 1. The molecule has 1 N–H and O–H groups in total. The Morgan fingerprint density at radius 3 is 3.12 bits per heavy atom. The molecule has 1 atom stereocenters. The highest BCUT2D eigenvalue weighted by molar-refractivity contribution is 5.91. The third kappa shape index (κ3) is 3.13. The summed E-state index contributed by atoms with van der Waals surface area (Å²) < 4.78 is 12.4. The third-order valence-electron chi connectivity index (χ3n) is 4.53. The van der Waals surface area contributed by atoms with Crippen LogP contribution in [0.2, 0.25) is 0 Å². The number of hydrogen-bond donors (Lipinski definition) is 1. The first-order valence-corrected chi connectivity index (χ1v) is 8.63. The van der Waals surface area contributed by atoms with Crippen LogP contribution in [0.5, 0.6) is 0 Å². The summed E-state index contributed by atoms with van der Waals surface area (Å²) in [7, 11) is 1.59. The Morgan fingerprint density at radius 1 is 1.38 bits per heavy atom. The zero-order valence-electron chi connectivity index (χ0n) is 14.5. The van der Waals surface area contributed by atoms with Gasteiger partial charge in [0.15, 0.2) is 11.6 Å². The zero-order chi connectivity index (χ0) is 17.9. The minimum atomic E-state index is -0.226. The fourth-order valence-electron chi connectivity index (χ4n) is 3.33. The topological polar surface area (TPSA) is 82.2 Å². The van der Waals surface area contributed by atoms with E-state index in [0.29, 0.717) is 18.1 Å². The molecule has 3 aromatic heterocycles. The molecule has 3 aromatic rings. The molecule has 0 aliphatic heterocycles. The number of nitrogens with zero attached hydrogens (tertiary/aromatic N) is 3. The summed E-state index contributed by atoms with van der Waals surface area (Å²) in [5.74, 6) is 1.48. The van der Waals surface area contributed by atoms with E-state index in [0.717, 1.165) is 36.3 Å². The van der Waals surface area contributed by atoms with Gasteiger partial charge in [0, 0.05) is 18.9 Å². The third-order valence-corrected chi connectivity index (χ3v) is 4.53. The molecule has 1 aliphatic carbocycles. The molecular formula is C19H20N4O3. The lowest BCUT2D eigenvalue weighted by Crippen LogP contribution is -2.30. The molecule has 134 valence electrons. The fraction of sp³-hybridized carbons (Fsp3) is 0.316. The second-order valence-corrected chi connectivity index (χ2v) is 6.26. The summed E-state index contributed by atoms with van der Waals surface area (Å²) in [5.41, 5.74) is 2.14. The van der Waals surface area contributed by atoms with Gasteiger partial charge in [-0.05, 0) is 43.5 Å². The lowest BCUT2D eigenvalue weighted by atomic mass is 9.93. The van der Waals surface area contributed by atoms with Gasteiger partial charge < -0.3 is 14.5 Å². The summed E-state index contributed by atoms with van der Waals surface area (Å²) in [6, 6.07) is 9.08. The molecule has 3 heterocycles. The quantitative estimate of drug-likeness (QED) is 0.763. The molecule has 0 spiro atoms. The average Bonchev–Trinajstić information content (AvgIpc) is 3.30. The predicted octanol–water partition coefficient (Wildman–Crippen LogP) is 2.81. The van der Waals surface area contributed by atoms with Crippen molar-refractivity contribution in [3.05, 3.63) is 65.5 Å². The number of pyridine rings is 1. The van der Waals surface area contributed by atoms with Crippen LogP contribution in [0, 0.1) is 0 Å². The fourth-order valence-corrected chi connectivity index (χ4v) is 3.33. The van der Waals surface area contributed by atoms with Crippen LogP contribution in [0.3, 0.4) is 0 Å². The molecule has 1 unspecified atom stereocenters. The Morgan fingerprint density at radius 2 is 2.31 bits per heavy atom. The first-order chi connectivity index (χ1) is 12.8. The van der Waals surface area contributed by atoms with Crippen molar-refractivity contribution >= 4 is 5.91 Å². The molecule has 7 nitrogen and oxygen atoms in total. The number of carbonyl (C=O) groups excluding carboxylic acids is 1. The molecular weight excluding hydrogens is 332 g/mol. The highest BCUT2D eigenvalue weighted by Gasteiger charge is 2.27. The number of aromatic nitrogens is 3. The summed E-state index contributed by atoms with van der Waals surface area (Å²) >= 11 is 0. The van der Waals surface area contributed by atoms with Crippen LogP contribution >= 0.6 is 0 Å². The van der Waals surface area contributed by atoms with Gasteiger partial charge in [0.1, 0.15) is 12.4 Å². The number of furan rings is 1. The van der Waals surface area contributed by atoms with Gasteiger partial charge in [-0.3, -0.25) is 4.79 Å². The van der Waals surface area contributed by atoms with Crippen molar-refractivity contribution in [1.29, 1.82) is 0 Å². The molecule has 26 heavy (non-hydrogen) atoms. The van der Waals surface area contributed by atoms with Gasteiger partial charge in [0.2, 0.25) is 0 Å². The Kier molecular flexibility index (Phi) is 4.53. The Bertz CT molecular complexity index is 901. The van der Waals surface area contributed by atoms with E-state index in [4.69, 9.17) is 9.15 Å². The van der Waals surface area contributed by atoms with E-state index in [1.165, 1.54) is 0 Å². The van der Waals surface area contributed by atoms with Crippen molar-refractivity contribution in [2.24, 2.45) is 0 Å². The maximum Gasteiger partial charge on any atom is 0.287 e. The number of rotatable bonds is 5. The second kappa shape index (κ2) is 7.13. The Balaban J connectivity index is 1.55. The van der Waals surface area contributed by atoms with Crippen molar-refractivity contribution in [2.45, 2.75) is 31.9 Å². The second-order valence-electron chi connectivity index (χ2n) is 6.26. The van der Waals surface area contributed by atoms with Gasteiger partial charge in [-0.2, -0.15) is 5.10 Å². The van der Waals surface area contributed by atoms with Crippen LogP contribution in [0.4, 0.5) is 0 Å². The number of fused-ring (bicyclic) bond motifs is 1. The first-order valence-electron chi connectivity index (χ1n) is 8.63. The summed E-state index contributed by atoms with van der Waals surface area (Å²) in [4.78, 5) is 16.9. The lowest BCUT2D eigenvalue weighted by Gasteiger charge is -2.23. The van der Waals surface area contributed by atoms with Crippen LogP contribution in [0.25, 0.3) is 5.82 Å². The summed E-state index contributed by atoms with van der Waals surface area (Å²) in [5, 5.41) is 7.55. The van der Waals surface area contributed by atoms with E-state index >= 15 is 0 Å². The van der Waals surface area contributed by atoms with E-state index in [1.807, 2.05) is 29.1 Å². The van der Waals surface area contributed by atoms with E-state index in [2.05, 4.69) is 15.4 Å². The van der Waals surface area contributed by atoms with Crippen molar-refractivity contribution in [3.63, 3.8) is 0 Å². The SMILES string of the molecule is COCc1ccc(C(=O)NC2CCCc3c2cnn3-c2ccccn2)o1. The van der Waals surface area contributed by atoms with Crippen LogP contribution in [0.1, 0.15) is 46.5 Å². The first kappa shape index (κ1) is 16.5. The number of amides is 1. The molecule has 4 rings (SSSR count). The number of nitrogens with one attached hydrogen (secondary N) is 1. The maximum atomic E-state index is 12.5. The summed E-state index contributed by atoms with van der Waals surface area (Å²) in [6.07, 6.45) is 6.34. The minimum Gasteiger partial charge on any atom is -0.453 e. The van der Waals surface area contributed by atoms with Gasteiger partial charge in [0.25, 0.3) is 5.91 Å². The Labute approximate surface area is 151 Å². The zero-order valence-corrected chi connectivity index (χ0v) is 14.5. The number of hydrogen-bond acceptors (Lipinski definition) is 5. The number of methoxy groups -OCH3 is 1. The van der Waals surface area contributed by atoms with Crippen molar-refractivity contribution < 1.29 is 13.9 Å². The van der Waals surface area contributed by atoms with Gasteiger partial charge in [0.05, 0.1) is 17.9 Å². The largest absolute Gasteiger partial charge is 0.453 e. The molecule has 0 saturated heterocycles. The van der Waals surface area contributed by atoms with Gasteiger partial charge >= 0.3 is 0 Å². The molecule has 0 fully saturated rings. The highest BCUT2D eigenvalue weighted by Crippen LogP contribution is 2.31. The monoisotopic (exact) mass is 352 g/mol. The average molecular weight is 352 g/mol. The van der Waals surface area contributed by atoms with Crippen LogP contribution in [-0.2, 0) is 17.8 Å². The molecule has 7 heteroatoms. The van der Waals surface area contributed by atoms with E-state index in [9.17, 15) is 4.79 Å². The molecule has 1 aliphatic rings. The molecule has 0 saturated carbocycles. The van der Waals surface area contributed by atoms with E-state index in [1.54, 1.807) is 25.4 Å². The van der Waals surface area contributed by atoms with Crippen LogP contribution < -0.4 is 5.32 Å². The predicted molar refractivity (Wildman–Crippen MR) is 93.9 cm³/mol. The molecule has 0 radical (unpaired) electrons. The van der Waals surface area contributed by atoms with E-state index < -0.39 is 0 Å². The smallest absolute Gasteiger partial charge is 0.287 e.